The number of pyridine rings is 2. The van der Waals surface area contributed by atoms with Gasteiger partial charge in [0.15, 0.2) is 5.65 Å². The summed E-state index contributed by atoms with van der Waals surface area (Å²) >= 11 is 2.16. The van der Waals surface area contributed by atoms with Gasteiger partial charge in [-0.1, -0.05) is 6.07 Å². The van der Waals surface area contributed by atoms with E-state index in [1.165, 1.54) is 6.33 Å². The summed E-state index contributed by atoms with van der Waals surface area (Å²) in [6, 6.07) is 11.5. The van der Waals surface area contributed by atoms with Crippen molar-refractivity contribution in [2.24, 2.45) is 0 Å². The molecular weight excluding hydrogens is 481 g/mol. The molecule has 0 amide bonds. The molecule has 0 radical (unpaired) electrons. The van der Waals surface area contributed by atoms with Gasteiger partial charge in [-0.05, 0) is 53.8 Å². The molecule has 3 N–H and O–H groups in total. The van der Waals surface area contributed by atoms with E-state index in [2.05, 4.69) is 61.0 Å². The van der Waals surface area contributed by atoms with Crippen LogP contribution in [0, 0.1) is 3.70 Å². The first kappa shape index (κ1) is 17.9. The SMILES string of the molecule is CC(c1cc2ccccn2c1-c1ccc(O)nc1)n1nc(I)c2c(N)ncnc21. The van der Waals surface area contributed by atoms with Crippen molar-refractivity contribution in [2.75, 3.05) is 5.73 Å². The topological polar surface area (TPSA) is 107 Å². The highest BCUT2D eigenvalue weighted by molar-refractivity contribution is 14.1. The van der Waals surface area contributed by atoms with E-state index in [0.29, 0.717) is 11.5 Å². The van der Waals surface area contributed by atoms with E-state index in [1.807, 2.05) is 29.1 Å². The van der Waals surface area contributed by atoms with Crippen LogP contribution in [0.5, 0.6) is 5.88 Å². The quantitative estimate of drug-likeness (QED) is 0.369. The number of aromatic nitrogens is 6. The molecule has 144 valence electrons. The van der Waals surface area contributed by atoms with E-state index in [9.17, 15) is 5.11 Å². The predicted molar refractivity (Wildman–Crippen MR) is 119 cm³/mol. The maximum Gasteiger partial charge on any atom is 0.210 e. The van der Waals surface area contributed by atoms with Crippen molar-refractivity contribution in [3.63, 3.8) is 0 Å². The Hall–Kier alpha value is -3.21. The van der Waals surface area contributed by atoms with Crippen molar-refractivity contribution in [1.82, 2.24) is 29.1 Å². The Kier molecular flexibility index (Phi) is 4.12. The van der Waals surface area contributed by atoms with Gasteiger partial charge >= 0.3 is 0 Å². The lowest BCUT2D eigenvalue weighted by molar-refractivity contribution is 0.453. The molecule has 5 rings (SSSR count). The second-order valence-corrected chi connectivity index (χ2v) is 7.74. The second-order valence-electron chi connectivity index (χ2n) is 6.72. The van der Waals surface area contributed by atoms with Gasteiger partial charge in [0.2, 0.25) is 5.88 Å². The van der Waals surface area contributed by atoms with Gasteiger partial charge < -0.3 is 15.2 Å². The summed E-state index contributed by atoms with van der Waals surface area (Å²) in [6.45, 7) is 2.08. The zero-order valence-electron chi connectivity index (χ0n) is 15.4. The van der Waals surface area contributed by atoms with Gasteiger partial charge in [0.25, 0.3) is 0 Å². The lowest BCUT2D eigenvalue weighted by Gasteiger charge is -2.15. The fourth-order valence-corrected chi connectivity index (χ4v) is 4.40. The molecule has 29 heavy (non-hydrogen) atoms. The zero-order valence-corrected chi connectivity index (χ0v) is 17.5. The van der Waals surface area contributed by atoms with Crippen LogP contribution in [0.2, 0.25) is 0 Å². The number of nitrogens with zero attached hydrogens (tertiary/aromatic N) is 6. The van der Waals surface area contributed by atoms with Crippen molar-refractivity contribution >= 4 is 45.0 Å². The number of nitrogen functional groups attached to an aromatic ring is 1. The predicted octanol–water partition coefficient (Wildman–Crippen LogP) is 3.64. The Bertz CT molecular complexity index is 1360. The molecule has 0 saturated carbocycles. The number of rotatable bonds is 3. The summed E-state index contributed by atoms with van der Waals surface area (Å²) in [5, 5.41) is 15.1. The molecule has 0 aliphatic carbocycles. The molecule has 0 saturated heterocycles. The first-order valence-corrected chi connectivity index (χ1v) is 10.0. The fraction of sp³-hybridized carbons (Fsp3) is 0.100. The van der Waals surface area contributed by atoms with Crippen LogP contribution in [0.15, 0.2) is 55.1 Å². The maximum absolute atomic E-state index is 9.61. The van der Waals surface area contributed by atoms with E-state index in [4.69, 9.17) is 10.8 Å². The highest BCUT2D eigenvalue weighted by Gasteiger charge is 2.23. The largest absolute Gasteiger partial charge is 0.493 e. The molecule has 5 aromatic rings. The van der Waals surface area contributed by atoms with Gasteiger partial charge in [-0.25, -0.2) is 19.6 Å². The Balaban J connectivity index is 1.76. The third-order valence-electron chi connectivity index (χ3n) is 5.02. The van der Waals surface area contributed by atoms with Crippen molar-refractivity contribution in [3.05, 3.63) is 64.4 Å². The van der Waals surface area contributed by atoms with Crippen LogP contribution in [-0.4, -0.2) is 34.2 Å². The first-order valence-electron chi connectivity index (χ1n) is 8.94. The molecule has 0 bridgehead atoms. The Morgan fingerprint density at radius 3 is 2.79 bits per heavy atom. The summed E-state index contributed by atoms with van der Waals surface area (Å²) in [5.74, 6) is 0.409. The standard InChI is InChI=1S/C20H16IN7O/c1-11(28-20-16(18(21)26-28)19(22)24-10-25-20)14-8-13-4-2-3-7-27(13)17(14)12-5-6-15(29)23-9-12/h2-11H,1H3,(H,23,29)(H2,22,24,25). The molecule has 0 aliphatic heterocycles. The molecule has 1 unspecified atom stereocenters. The maximum atomic E-state index is 9.61. The van der Waals surface area contributed by atoms with Crippen LogP contribution in [0.1, 0.15) is 18.5 Å². The number of fused-ring (bicyclic) bond motifs is 2. The first-order chi connectivity index (χ1) is 14.0. The number of hydrogen-bond donors (Lipinski definition) is 2. The van der Waals surface area contributed by atoms with Gasteiger partial charge in [-0.2, -0.15) is 5.10 Å². The zero-order chi connectivity index (χ0) is 20.1. The second kappa shape index (κ2) is 6.69. The van der Waals surface area contributed by atoms with Crippen molar-refractivity contribution < 1.29 is 5.11 Å². The number of halogens is 1. The Labute approximate surface area is 179 Å². The molecule has 0 fully saturated rings. The number of hydrogen-bond acceptors (Lipinski definition) is 6. The molecule has 5 aromatic heterocycles. The third-order valence-corrected chi connectivity index (χ3v) is 5.78. The molecule has 8 nitrogen and oxygen atoms in total. The minimum Gasteiger partial charge on any atom is -0.493 e. The van der Waals surface area contributed by atoms with Crippen molar-refractivity contribution in [3.8, 4) is 17.1 Å². The molecule has 0 aliphatic rings. The average Bonchev–Trinajstić information content (AvgIpc) is 3.27. The number of aromatic hydroxyl groups is 1. The van der Waals surface area contributed by atoms with Gasteiger partial charge in [-0.3, -0.25) is 0 Å². The minimum absolute atomic E-state index is 0.0102. The fourth-order valence-electron chi connectivity index (χ4n) is 3.65. The summed E-state index contributed by atoms with van der Waals surface area (Å²) in [4.78, 5) is 12.6. The van der Waals surface area contributed by atoms with E-state index < -0.39 is 0 Å². The highest BCUT2D eigenvalue weighted by atomic mass is 127. The van der Waals surface area contributed by atoms with Gasteiger partial charge in [0, 0.05) is 35.1 Å². The van der Waals surface area contributed by atoms with E-state index in [-0.39, 0.29) is 11.9 Å². The average molecular weight is 497 g/mol. The van der Waals surface area contributed by atoms with Crippen LogP contribution < -0.4 is 5.73 Å². The van der Waals surface area contributed by atoms with Crippen LogP contribution in [0.3, 0.4) is 0 Å². The van der Waals surface area contributed by atoms with E-state index >= 15 is 0 Å². The van der Waals surface area contributed by atoms with Gasteiger partial charge in [0.1, 0.15) is 15.8 Å². The van der Waals surface area contributed by atoms with Crippen LogP contribution in [0.25, 0.3) is 27.8 Å². The van der Waals surface area contributed by atoms with Crippen molar-refractivity contribution in [1.29, 1.82) is 0 Å². The lowest BCUT2D eigenvalue weighted by atomic mass is 10.0. The third kappa shape index (κ3) is 2.80. The molecule has 1 atom stereocenters. The summed E-state index contributed by atoms with van der Waals surface area (Å²) in [7, 11) is 0. The summed E-state index contributed by atoms with van der Waals surface area (Å²) < 4.78 is 4.75. The van der Waals surface area contributed by atoms with Gasteiger partial charge in [0.05, 0.1) is 17.1 Å². The van der Waals surface area contributed by atoms with Crippen LogP contribution >= 0.6 is 22.6 Å². The van der Waals surface area contributed by atoms with Crippen LogP contribution in [-0.2, 0) is 0 Å². The number of anilines is 1. The number of nitrogens with two attached hydrogens (primary N) is 1. The molecule has 9 heteroatoms. The van der Waals surface area contributed by atoms with Crippen molar-refractivity contribution in [2.45, 2.75) is 13.0 Å². The molecule has 5 heterocycles. The smallest absolute Gasteiger partial charge is 0.210 e. The Morgan fingerprint density at radius 1 is 1.14 bits per heavy atom. The summed E-state index contributed by atoms with van der Waals surface area (Å²) in [5.41, 5.74) is 10.8. The van der Waals surface area contributed by atoms with E-state index in [0.717, 1.165) is 31.4 Å². The van der Waals surface area contributed by atoms with Gasteiger partial charge in [-0.15, -0.1) is 0 Å². The molecule has 0 spiro atoms. The minimum atomic E-state index is -0.126. The normalized spacial score (nSPS) is 12.6. The highest BCUT2D eigenvalue weighted by Crippen LogP contribution is 2.35. The van der Waals surface area contributed by atoms with Crippen LogP contribution in [0.4, 0.5) is 5.82 Å². The van der Waals surface area contributed by atoms with E-state index in [1.54, 1.807) is 12.3 Å². The molecular formula is C20H16IN7O. The monoisotopic (exact) mass is 497 g/mol. The summed E-state index contributed by atoms with van der Waals surface area (Å²) in [6.07, 6.45) is 5.14. The molecule has 0 aromatic carbocycles. The Morgan fingerprint density at radius 2 is 2.00 bits per heavy atom. The lowest BCUT2D eigenvalue weighted by Crippen LogP contribution is -2.10.